The lowest BCUT2D eigenvalue weighted by atomic mass is 9.50. The van der Waals surface area contributed by atoms with Gasteiger partial charge in [0.15, 0.2) is 0 Å². The number of carbonyl (C=O) groups is 1. The van der Waals surface area contributed by atoms with Crippen molar-refractivity contribution in [3.05, 3.63) is 12.2 Å². The van der Waals surface area contributed by atoms with Crippen molar-refractivity contribution in [3.8, 4) is 0 Å². The first-order valence-corrected chi connectivity index (χ1v) is 8.19. The molecule has 2 bridgehead atoms. The van der Waals surface area contributed by atoms with Gasteiger partial charge in [-0.3, -0.25) is 4.79 Å². The molecule has 2 aliphatic rings. The number of ketones is 1. The zero-order valence-corrected chi connectivity index (χ0v) is 14.3. The Morgan fingerprint density at radius 3 is 2.45 bits per heavy atom. The Kier molecular flexibility index (Phi) is 3.72. The molecule has 2 rings (SSSR count). The lowest BCUT2D eigenvalue weighted by molar-refractivity contribution is -0.145. The standard InChI is InChI=1S/C19H32O/c1-13(2)10-19(7)15-11-18(6,12-16(19)20)14(3)8-9-17(15,4)5/h14-15H,1,8-12H2,2-7H3. The second-order valence-electron chi connectivity index (χ2n) is 8.99. The van der Waals surface area contributed by atoms with Crippen LogP contribution < -0.4 is 0 Å². The molecular weight excluding hydrogens is 244 g/mol. The predicted octanol–water partition coefficient (Wildman–Crippen LogP) is 5.40. The van der Waals surface area contributed by atoms with E-state index < -0.39 is 0 Å². The van der Waals surface area contributed by atoms with Crippen molar-refractivity contribution in [3.63, 3.8) is 0 Å². The van der Waals surface area contributed by atoms with Crippen molar-refractivity contribution in [2.24, 2.45) is 28.1 Å². The molecule has 0 heterocycles. The third-order valence-corrected chi connectivity index (χ3v) is 6.66. The molecule has 2 saturated carbocycles. The van der Waals surface area contributed by atoms with Crippen molar-refractivity contribution in [1.29, 1.82) is 0 Å². The monoisotopic (exact) mass is 276 g/mol. The summed E-state index contributed by atoms with van der Waals surface area (Å²) in [5.41, 5.74) is 1.42. The van der Waals surface area contributed by atoms with Gasteiger partial charge in [-0.25, -0.2) is 0 Å². The molecule has 0 aromatic heterocycles. The zero-order chi connectivity index (χ0) is 15.3. The van der Waals surface area contributed by atoms with E-state index in [2.05, 4.69) is 48.1 Å². The van der Waals surface area contributed by atoms with E-state index in [0.29, 0.717) is 17.6 Å². The van der Waals surface area contributed by atoms with Crippen LogP contribution in [-0.4, -0.2) is 5.78 Å². The fourth-order valence-electron chi connectivity index (χ4n) is 5.00. The van der Waals surface area contributed by atoms with Crippen LogP contribution in [0.2, 0.25) is 0 Å². The minimum atomic E-state index is -0.196. The summed E-state index contributed by atoms with van der Waals surface area (Å²) in [4.78, 5) is 13.0. The van der Waals surface area contributed by atoms with Gasteiger partial charge in [0.05, 0.1) is 0 Å². The molecule has 1 heteroatoms. The summed E-state index contributed by atoms with van der Waals surface area (Å²) >= 11 is 0. The van der Waals surface area contributed by atoms with Crippen LogP contribution in [0.1, 0.15) is 73.6 Å². The Morgan fingerprint density at radius 1 is 1.30 bits per heavy atom. The molecule has 0 spiro atoms. The minimum Gasteiger partial charge on any atom is -0.299 e. The molecule has 4 unspecified atom stereocenters. The minimum absolute atomic E-state index is 0.196. The first-order valence-electron chi connectivity index (χ1n) is 8.19. The lowest BCUT2D eigenvalue weighted by Crippen LogP contribution is -2.51. The van der Waals surface area contributed by atoms with Gasteiger partial charge in [-0.15, -0.1) is 6.58 Å². The van der Waals surface area contributed by atoms with Crippen molar-refractivity contribution < 1.29 is 4.79 Å². The number of fused-ring (bicyclic) bond motifs is 2. The van der Waals surface area contributed by atoms with Gasteiger partial charge in [0.1, 0.15) is 5.78 Å². The molecule has 0 radical (unpaired) electrons. The Morgan fingerprint density at radius 2 is 1.90 bits per heavy atom. The molecule has 0 aromatic rings. The summed E-state index contributed by atoms with van der Waals surface area (Å²) in [5.74, 6) is 1.63. The molecular formula is C19H32O. The topological polar surface area (TPSA) is 17.1 Å². The van der Waals surface area contributed by atoms with E-state index >= 15 is 0 Å². The molecule has 0 aliphatic heterocycles. The van der Waals surface area contributed by atoms with Crippen LogP contribution in [0, 0.1) is 28.1 Å². The highest BCUT2D eigenvalue weighted by atomic mass is 16.1. The highest BCUT2D eigenvalue weighted by Crippen LogP contribution is 2.61. The molecule has 114 valence electrons. The maximum atomic E-state index is 13.0. The van der Waals surface area contributed by atoms with Gasteiger partial charge in [0, 0.05) is 11.8 Å². The number of rotatable bonds is 2. The Labute approximate surface area is 125 Å². The van der Waals surface area contributed by atoms with Crippen molar-refractivity contribution in [2.45, 2.75) is 73.6 Å². The Balaban J connectivity index is 2.48. The van der Waals surface area contributed by atoms with E-state index in [-0.39, 0.29) is 16.2 Å². The molecule has 2 fully saturated rings. The van der Waals surface area contributed by atoms with E-state index in [4.69, 9.17) is 0 Å². The summed E-state index contributed by atoms with van der Waals surface area (Å²) in [6, 6.07) is 0. The molecule has 20 heavy (non-hydrogen) atoms. The Hall–Kier alpha value is -0.590. The predicted molar refractivity (Wildman–Crippen MR) is 85.6 cm³/mol. The molecule has 0 saturated heterocycles. The van der Waals surface area contributed by atoms with Crippen LogP contribution in [0.4, 0.5) is 0 Å². The van der Waals surface area contributed by atoms with Gasteiger partial charge in [0.2, 0.25) is 0 Å². The molecule has 4 atom stereocenters. The van der Waals surface area contributed by atoms with E-state index in [1.165, 1.54) is 19.3 Å². The fourth-order valence-corrected chi connectivity index (χ4v) is 5.00. The first-order chi connectivity index (χ1) is 9.01. The summed E-state index contributed by atoms with van der Waals surface area (Å²) in [6.07, 6.45) is 5.34. The van der Waals surface area contributed by atoms with Crippen molar-refractivity contribution in [2.75, 3.05) is 0 Å². The van der Waals surface area contributed by atoms with Crippen LogP contribution in [0.25, 0.3) is 0 Å². The summed E-state index contributed by atoms with van der Waals surface area (Å²) in [6.45, 7) is 17.8. The molecule has 0 N–H and O–H groups in total. The average molecular weight is 276 g/mol. The van der Waals surface area contributed by atoms with Crippen LogP contribution in [0.3, 0.4) is 0 Å². The second kappa shape index (κ2) is 4.71. The van der Waals surface area contributed by atoms with Gasteiger partial charge < -0.3 is 0 Å². The van der Waals surface area contributed by atoms with Crippen LogP contribution in [0.15, 0.2) is 12.2 Å². The summed E-state index contributed by atoms with van der Waals surface area (Å²) in [5, 5.41) is 0. The highest BCUT2D eigenvalue weighted by molar-refractivity contribution is 5.86. The molecule has 1 nitrogen and oxygen atoms in total. The molecule has 0 amide bonds. The smallest absolute Gasteiger partial charge is 0.139 e. The fraction of sp³-hybridized carbons (Fsp3) is 0.842. The number of Topliss-reactive ketones (excluding diaryl/α,β-unsaturated/α-hetero) is 1. The number of hydrogen-bond donors (Lipinski definition) is 0. The lowest BCUT2D eigenvalue weighted by Gasteiger charge is -2.53. The third kappa shape index (κ3) is 2.38. The summed E-state index contributed by atoms with van der Waals surface area (Å²) in [7, 11) is 0. The maximum absolute atomic E-state index is 13.0. The number of allylic oxidation sites excluding steroid dienone is 1. The number of hydrogen-bond acceptors (Lipinski definition) is 1. The summed E-state index contributed by atoms with van der Waals surface area (Å²) < 4.78 is 0. The highest BCUT2D eigenvalue weighted by Gasteiger charge is 2.57. The maximum Gasteiger partial charge on any atom is 0.139 e. The average Bonchev–Trinajstić information content (AvgIpc) is 2.37. The van der Waals surface area contributed by atoms with E-state index in [1.54, 1.807) is 0 Å². The normalized spacial score (nSPS) is 44.0. The van der Waals surface area contributed by atoms with Crippen molar-refractivity contribution >= 4 is 5.78 Å². The van der Waals surface area contributed by atoms with Gasteiger partial charge in [0.25, 0.3) is 0 Å². The largest absolute Gasteiger partial charge is 0.299 e. The van der Waals surface area contributed by atoms with E-state index in [0.717, 1.165) is 18.4 Å². The van der Waals surface area contributed by atoms with Crippen LogP contribution in [-0.2, 0) is 4.79 Å². The third-order valence-electron chi connectivity index (χ3n) is 6.66. The van der Waals surface area contributed by atoms with Gasteiger partial charge in [-0.05, 0) is 55.3 Å². The van der Waals surface area contributed by atoms with Gasteiger partial charge >= 0.3 is 0 Å². The zero-order valence-electron chi connectivity index (χ0n) is 14.3. The number of carbonyl (C=O) groups excluding carboxylic acids is 1. The van der Waals surface area contributed by atoms with Crippen LogP contribution >= 0.6 is 0 Å². The van der Waals surface area contributed by atoms with Gasteiger partial charge in [-0.2, -0.15) is 0 Å². The van der Waals surface area contributed by atoms with Crippen molar-refractivity contribution in [1.82, 2.24) is 0 Å². The van der Waals surface area contributed by atoms with E-state index in [1.807, 2.05) is 0 Å². The van der Waals surface area contributed by atoms with Crippen LogP contribution in [0.5, 0.6) is 0 Å². The SMILES string of the molecule is C=C(C)CC1(C)C(=O)CC2(C)CC1C(C)(C)CCC2C. The molecule has 0 aromatic carbocycles. The molecule has 2 aliphatic carbocycles. The Bertz CT molecular complexity index is 433. The quantitative estimate of drug-likeness (QED) is 0.617. The second-order valence-corrected chi connectivity index (χ2v) is 8.99. The van der Waals surface area contributed by atoms with E-state index in [9.17, 15) is 4.79 Å². The first kappa shape index (κ1) is 15.8. The van der Waals surface area contributed by atoms with Gasteiger partial charge in [-0.1, -0.05) is 40.2 Å².